The van der Waals surface area contributed by atoms with Gasteiger partial charge in [-0.05, 0) is 27.6 Å². The molecule has 0 atom stereocenters. The first kappa shape index (κ1) is 11.6. The summed E-state index contributed by atoms with van der Waals surface area (Å²) in [5.41, 5.74) is 3.92. The summed E-state index contributed by atoms with van der Waals surface area (Å²) in [7, 11) is 0. The van der Waals surface area contributed by atoms with E-state index in [-0.39, 0.29) is 5.91 Å². The third-order valence-electron chi connectivity index (χ3n) is 3.44. The maximum atomic E-state index is 12.5. The zero-order valence-corrected chi connectivity index (χ0v) is 11.9. The number of hydrogen-bond acceptors (Lipinski definition) is 3. The van der Waals surface area contributed by atoms with Crippen LogP contribution in [-0.4, -0.2) is 20.9 Å². The first-order valence-electron chi connectivity index (χ1n) is 6.13. The van der Waals surface area contributed by atoms with Crippen molar-refractivity contribution >= 4 is 38.7 Å². The Bertz CT molecular complexity index is 842. The summed E-state index contributed by atoms with van der Waals surface area (Å²) in [4.78, 5) is 25.9. The van der Waals surface area contributed by atoms with Gasteiger partial charge in [0.1, 0.15) is 10.1 Å². The van der Waals surface area contributed by atoms with Crippen molar-refractivity contribution in [3.63, 3.8) is 0 Å². The van der Waals surface area contributed by atoms with E-state index in [1.54, 1.807) is 17.3 Å². The molecule has 6 heteroatoms. The highest BCUT2D eigenvalue weighted by atomic mass is 79.9. The lowest BCUT2D eigenvalue weighted by atomic mass is 10.1. The van der Waals surface area contributed by atoms with Crippen LogP contribution in [-0.2, 0) is 6.54 Å². The molecule has 3 heterocycles. The molecule has 1 amide bonds. The molecule has 1 aromatic carbocycles. The number of halogens is 1. The average molecular weight is 329 g/mol. The van der Waals surface area contributed by atoms with Gasteiger partial charge in [-0.2, -0.15) is 0 Å². The molecule has 3 aromatic rings. The van der Waals surface area contributed by atoms with Crippen LogP contribution in [0.5, 0.6) is 0 Å². The lowest BCUT2D eigenvalue weighted by Gasteiger charge is -2.13. The monoisotopic (exact) mass is 328 g/mol. The van der Waals surface area contributed by atoms with E-state index in [4.69, 9.17) is 0 Å². The van der Waals surface area contributed by atoms with Gasteiger partial charge >= 0.3 is 0 Å². The van der Waals surface area contributed by atoms with Gasteiger partial charge in [-0.15, -0.1) is 0 Å². The van der Waals surface area contributed by atoms with Gasteiger partial charge < -0.3 is 9.88 Å². The van der Waals surface area contributed by atoms with Crippen LogP contribution in [0.15, 0.2) is 41.3 Å². The van der Waals surface area contributed by atoms with Gasteiger partial charge in [0.05, 0.1) is 18.4 Å². The molecule has 20 heavy (non-hydrogen) atoms. The van der Waals surface area contributed by atoms with Crippen molar-refractivity contribution in [3.05, 3.63) is 52.4 Å². The van der Waals surface area contributed by atoms with Crippen molar-refractivity contribution in [1.29, 1.82) is 0 Å². The fraction of sp³-hybridized carbons (Fsp3) is 0.0714. The molecule has 0 fully saturated rings. The second-order valence-corrected chi connectivity index (χ2v) is 5.42. The van der Waals surface area contributed by atoms with E-state index in [2.05, 4.69) is 30.9 Å². The number of amides is 1. The fourth-order valence-electron chi connectivity index (χ4n) is 2.51. The van der Waals surface area contributed by atoms with Crippen LogP contribution in [0, 0.1) is 0 Å². The summed E-state index contributed by atoms with van der Waals surface area (Å²) in [6.45, 7) is 0.566. The lowest BCUT2D eigenvalue weighted by Crippen LogP contribution is -2.22. The van der Waals surface area contributed by atoms with Gasteiger partial charge in [0.2, 0.25) is 0 Å². The minimum absolute atomic E-state index is 0.00303. The molecule has 5 nitrogen and oxygen atoms in total. The predicted octanol–water partition coefficient (Wildman–Crippen LogP) is 2.88. The van der Waals surface area contributed by atoms with Crippen LogP contribution in [0.4, 0.5) is 5.69 Å². The molecule has 0 spiro atoms. The summed E-state index contributed by atoms with van der Waals surface area (Å²) in [5.74, 6) is 0.00303. The molecule has 4 rings (SSSR count). The SMILES string of the molecule is O=C1c2ccccc2CN1c1c[nH]c2ncc(Br)nc12. The van der Waals surface area contributed by atoms with E-state index in [1.807, 2.05) is 24.3 Å². The number of anilines is 1. The standard InChI is InChI=1S/C14H9BrN4O/c15-11-6-17-13-12(18-11)10(5-16-13)19-7-8-3-1-2-4-9(8)14(19)20/h1-6H,7H2,(H,16,17). The maximum Gasteiger partial charge on any atom is 0.259 e. The number of benzene rings is 1. The third-order valence-corrected chi connectivity index (χ3v) is 3.83. The van der Waals surface area contributed by atoms with Gasteiger partial charge in [-0.3, -0.25) is 4.79 Å². The summed E-state index contributed by atoms with van der Waals surface area (Å²) in [6, 6.07) is 7.66. The number of nitrogens with one attached hydrogen (secondary N) is 1. The molecule has 2 aromatic heterocycles. The normalized spacial score (nSPS) is 14.1. The van der Waals surface area contributed by atoms with Crippen molar-refractivity contribution in [2.45, 2.75) is 6.54 Å². The Kier molecular flexibility index (Phi) is 2.40. The first-order chi connectivity index (χ1) is 9.74. The molecule has 1 aliphatic rings. The number of aromatic amines is 1. The molecule has 0 saturated carbocycles. The quantitative estimate of drug-likeness (QED) is 0.747. The topological polar surface area (TPSA) is 61.9 Å². The van der Waals surface area contributed by atoms with E-state index < -0.39 is 0 Å². The zero-order chi connectivity index (χ0) is 13.7. The smallest absolute Gasteiger partial charge is 0.259 e. The number of rotatable bonds is 1. The van der Waals surface area contributed by atoms with Crippen LogP contribution in [0.2, 0.25) is 0 Å². The number of carbonyl (C=O) groups is 1. The Morgan fingerprint density at radius 2 is 2.15 bits per heavy atom. The highest BCUT2D eigenvalue weighted by molar-refractivity contribution is 9.10. The summed E-state index contributed by atoms with van der Waals surface area (Å²) < 4.78 is 0.648. The number of nitrogens with zero attached hydrogens (tertiary/aromatic N) is 3. The minimum atomic E-state index is 0.00303. The maximum absolute atomic E-state index is 12.5. The Morgan fingerprint density at radius 3 is 3.00 bits per heavy atom. The second kappa shape index (κ2) is 4.14. The van der Waals surface area contributed by atoms with Gasteiger partial charge in [0.25, 0.3) is 5.91 Å². The van der Waals surface area contributed by atoms with Crippen LogP contribution >= 0.6 is 15.9 Å². The van der Waals surface area contributed by atoms with Crippen LogP contribution in [0.25, 0.3) is 11.2 Å². The highest BCUT2D eigenvalue weighted by Crippen LogP contribution is 2.32. The van der Waals surface area contributed by atoms with Gasteiger partial charge in [0, 0.05) is 11.8 Å². The van der Waals surface area contributed by atoms with E-state index in [0.717, 1.165) is 16.8 Å². The highest BCUT2D eigenvalue weighted by Gasteiger charge is 2.30. The molecule has 98 valence electrons. The van der Waals surface area contributed by atoms with E-state index in [9.17, 15) is 4.79 Å². The number of hydrogen-bond donors (Lipinski definition) is 1. The van der Waals surface area contributed by atoms with Gasteiger partial charge in [-0.1, -0.05) is 18.2 Å². The molecule has 1 aliphatic heterocycles. The summed E-state index contributed by atoms with van der Waals surface area (Å²) in [6.07, 6.45) is 3.41. The zero-order valence-electron chi connectivity index (χ0n) is 10.3. The number of fused-ring (bicyclic) bond motifs is 2. The van der Waals surface area contributed by atoms with Gasteiger partial charge in [-0.25, -0.2) is 9.97 Å². The fourth-order valence-corrected chi connectivity index (χ4v) is 2.79. The molecule has 0 bridgehead atoms. The Hall–Kier alpha value is -2.21. The summed E-state index contributed by atoms with van der Waals surface area (Å²) in [5, 5.41) is 0. The molecule has 0 saturated heterocycles. The van der Waals surface area contributed by atoms with Crippen molar-refractivity contribution in [2.24, 2.45) is 0 Å². The Labute approximate surface area is 122 Å². The lowest BCUT2D eigenvalue weighted by molar-refractivity contribution is 0.0997. The van der Waals surface area contributed by atoms with Crippen molar-refractivity contribution in [1.82, 2.24) is 15.0 Å². The van der Waals surface area contributed by atoms with Crippen molar-refractivity contribution in [2.75, 3.05) is 4.90 Å². The molecule has 1 N–H and O–H groups in total. The molecular weight excluding hydrogens is 320 g/mol. The number of carbonyl (C=O) groups excluding carboxylic acids is 1. The molecule has 0 radical (unpaired) electrons. The van der Waals surface area contributed by atoms with Crippen molar-refractivity contribution in [3.8, 4) is 0 Å². The minimum Gasteiger partial charge on any atom is -0.343 e. The Balaban J connectivity index is 1.86. The van der Waals surface area contributed by atoms with Crippen LogP contribution < -0.4 is 4.90 Å². The van der Waals surface area contributed by atoms with Crippen molar-refractivity contribution < 1.29 is 4.79 Å². The Morgan fingerprint density at radius 1 is 1.30 bits per heavy atom. The molecule has 0 aliphatic carbocycles. The average Bonchev–Trinajstić information content (AvgIpc) is 3.00. The number of H-pyrrole nitrogens is 1. The van der Waals surface area contributed by atoms with E-state index in [1.165, 1.54) is 0 Å². The van der Waals surface area contributed by atoms with Crippen LogP contribution in [0.3, 0.4) is 0 Å². The third kappa shape index (κ3) is 1.58. The van der Waals surface area contributed by atoms with Gasteiger partial charge in [0.15, 0.2) is 5.65 Å². The predicted molar refractivity (Wildman–Crippen MR) is 78.5 cm³/mol. The first-order valence-corrected chi connectivity index (χ1v) is 6.93. The second-order valence-electron chi connectivity index (χ2n) is 4.61. The molecule has 0 unspecified atom stereocenters. The summed E-state index contributed by atoms with van der Waals surface area (Å²) >= 11 is 3.31. The molecular formula is C14H9BrN4O. The van der Waals surface area contributed by atoms with E-state index >= 15 is 0 Å². The van der Waals surface area contributed by atoms with Crippen LogP contribution in [0.1, 0.15) is 15.9 Å². The largest absolute Gasteiger partial charge is 0.343 e. The van der Waals surface area contributed by atoms with E-state index in [0.29, 0.717) is 22.3 Å². The number of aromatic nitrogens is 3.